The lowest BCUT2D eigenvalue weighted by Gasteiger charge is -2.53. The number of hydrogen-bond acceptors (Lipinski definition) is 44. The van der Waals surface area contributed by atoms with Crippen molar-refractivity contribution in [2.75, 3.05) is 52.9 Å². The largest absolute Gasteiger partial charge is 0.477 e. The molecule has 0 aromatic carbocycles. The number of ether oxygens (including phenoxy) is 14. The Bertz CT molecular complexity index is 3910. The van der Waals surface area contributed by atoms with Gasteiger partial charge in [0.05, 0.1) is 108 Å². The normalized spacial score (nSPS) is 35.5. The molecular formula is C96H166N4O47. The number of allylic oxidation sites excluding steroid dienone is 2. The average molecular weight is 2130 g/mol. The van der Waals surface area contributed by atoms with Crippen molar-refractivity contribution >= 4 is 47.3 Å². The molecule has 0 bridgehead atoms. The summed E-state index contributed by atoms with van der Waals surface area (Å²) in [6.45, 7) is -2.12. The van der Waals surface area contributed by atoms with Crippen LogP contribution in [0.5, 0.6) is 0 Å². The first kappa shape index (κ1) is 128. The van der Waals surface area contributed by atoms with E-state index in [-0.39, 0.29) is 12.8 Å². The fourth-order valence-electron chi connectivity index (χ4n) is 19.7. The van der Waals surface area contributed by atoms with Crippen molar-refractivity contribution in [2.45, 2.75) is 485 Å². The maximum absolute atomic E-state index is 14.7. The van der Waals surface area contributed by atoms with Crippen molar-refractivity contribution in [3.05, 3.63) is 12.2 Å². The Balaban J connectivity index is 1.24. The zero-order valence-corrected chi connectivity index (χ0v) is 84.5. The molecule has 0 aromatic heterocycles. The van der Waals surface area contributed by atoms with Crippen molar-refractivity contribution in [2.24, 2.45) is 5.92 Å². The molecule has 4 amide bonds. The summed E-state index contributed by atoms with van der Waals surface area (Å²) in [5, 5.41) is 296. The molecule has 0 spiro atoms. The topological polar surface area (TPSA) is 820 Å². The van der Waals surface area contributed by atoms with Crippen LogP contribution in [0, 0.1) is 5.92 Å². The highest BCUT2D eigenvalue weighted by atomic mass is 16.8. The number of Topliss-reactive ketones (excluding diaryl/α,β-unsaturated/α-hetero) is 1. The summed E-state index contributed by atoms with van der Waals surface area (Å²) < 4.78 is 84.5. The maximum Gasteiger partial charge on any atom is 0.364 e. The maximum atomic E-state index is 14.7. The fourth-order valence-corrected chi connectivity index (χ4v) is 19.7. The lowest BCUT2D eigenvalue weighted by Crippen LogP contribution is -2.72. The number of carbonyl (C=O) groups excluding carboxylic acids is 5. The lowest BCUT2D eigenvalue weighted by atomic mass is 9.86. The Labute approximate surface area is 853 Å². The molecule has 51 nitrogen and oxygen atoms in total. The standard InChI is InChI=1S/C96H166N4O47/c1-7-9-11-13-15-17-19-21-22-24-26-28-30-32-34-36-66(117)100-54(55(112)35-33-31-29-27-25-23-20-18-16-14-12-10-8-2)48-134-88-78(126)76(124)81(64(46-106)137-88)140-90-79(127)86(82(65(47-107)138-90)141-87-53(37-49(3)108)80(72(120)61(43-103)135-87)139-89-77(125)75(123)71(119)60(42-102)136-89)147-96(93(132)133)40-58(115)69(99-52(6)111)85(146-96)74(122)63(45-105)143-95(92(130)131)39-57(114)68(98-51(5)110)84(145-95)73(121)62(44-104)142-94(91(128)129)38-56(113)67(97-50(4)109)83(144-94)70(118)59(116)41-101/h17,19,53-65,67-90,101-107,112-116,118-127H,7-16,18,20-48H2,1-6H3,(H,97,109)(H,98,110)(H,99,111)(H,100,117)(H,128,129)(H,130,131)(H,132,133)/b19-17-/t53-,54+,55-,56+,57+,58+,59-,60-,61-,62-,63-,64-,65-,67-,68-,69-,70-,71+,72+,73-,74-,75+,76-,77-,78-,79-,80-,81-,82+,83?,84?,85?,86-,87+,88-,89+,90+,94-,95-,96+/m1/s1. The molecule has 147 heavy (non-hydrogen) atoms. The van der Waals surface area contributed by atoms with E-state index in [1.165, 1.54) is 64.2 Å². The van der Waals surface area contributed by atoms with Crippen molar-refractivity contribution in [1.29, 1.82) is 0 Å². The Kier molecular flexibility index (Phi) is 55.2. The second kappa shape index (κ2) is 63.3. The van der Waals surface area contributed by atoms with E-state index >= 15 is 0 Å². The minimum atomic E-state index is -3.81. The van der Waals surface area contributed by atoms with Gasteiger partial charge in [-0.25, -0.2) is 14.4 Å². The monoisotopic (exact) mass is 2130 g/mol. The number of unbranched alkanes of at least 4 members (excludes halogenated alkanes) is 23. The van der Waals surface area contributed by atoms with Gasteiger partial charge in [0.15, 0.2) is 25.2 Å². The zero-order chi connectivity index (χ0) is 109. The highest BCUT2D eigenvalue weighted by Gasteiger charge is 2.66. The zero-order valence-electron chi connectivity index (χ0n) is 84.5. The molecule has 7 aliphatic rings. The van der Waals surface area contributed by atoms with Crippen LogP contribution in [0.25, 0.3) is 0 Å². The van der Waals surface area contributed by atoms with E-state index in [0.29, 0.717) is 12.8 Å². The Hall–Kier alpha value is -5.74. The predicted molar refractivity (Wildman–Crippen MR) is 502 cm³/mol. The molecule has 7 fully saturated rings. The summed E-state index contributed by atoms with van der Waals surface area (Å²) in [4.78, 5) is 108. The van der Waals surface area contributed by atoms with Gasteiger partial charge in [0.25, 0.3) is 17.4 Å². The molecule has 7 aliphatic heterocycles. The van der Waals surface area contributed by atoms with Gasteiger partial charge in [0.2, 0.25) is 23.6 Å². The van der Waals surface area contributed by atoms with Crippen LogP contribution in [0.3, 0.4) is 0 Å². The van der Waals surface area contributed by atoms with E-state index < -0.39 is 369 Å². The Morgan fingerprint density at radius 3 is 1.20 bits per heavy atom. The number of ketones is 1. The Morgan fingerprint density at radius 1 is 0.381 bits per heavy atom. The van der Waals surface area contributed by atoms with Gasteiger partial charge < -0.3 is 220 Å². The van der Waals surface area contributed by atoms with E-state index in [4.69, 9.17) is 66.3 Å². The number of aliphatic hydroxyl groups is 22. The second-order valence-electron chi connectivity index (χ2n) is 39.5. The predicted octanol–water partition coefficient (Wildman–Crippen LogP) is -5.60. The smallest absolute Gasteiger partial charge is 0.364 e. The summed E-state index contributed by atoms with van der Waals surface area (Å²) in [5.74, 6) is -24.2. The van der Waals surface area contributed by atoms with Crippen LogP contribution in [0.15, 0.2) is 12.2 Å². The molecule has 852 valence electrons. The SMILES string of the molecule is CCCCCC/C=C\CCCCCCCCCC(=O)N[C@@H](CO[C@@H]1O[C@H](CO)[C@@H](O[C@@H]2O[C@H](CO)[C@H](O[C@@H]3O[C@H](CO)[C@H](O)[C@H](O[C@@H]4O[C@H](CO)[C@H](O)[C@H](O)[C@H]4O)[C@H]3CC(C)=O)[C@H](O[C@]3(C(=O)O)C[C@H](O)[C@@H](NC(C)=O)C([C@H](O)[C@@H](CO)O[C@]4(C(=O)O)C[C@H](O)[C@@H](NC(C)=O)C([C@H](O)[C@@H](CO)O[C@]5(C(=O)O)C[C@H](O)[C@@H](NC(C)=O)C([C@H](O)[C@H](O)CO)O5)O4)O3)[C@H]2O)[C@H](O)[C@H]1O)[C@H](O)CCCCCCCCCCCCCCC. The molecule has 0 radical (unpaired) electrons. The van der Waals surface area contributed by atoms with E-state index in [1.54, 1.807) is 0 Å². The van der Waals surface area contributed by atoms with E-state index in [9.17, 15) is 166 Å². The molecule has 51 heteroatoms. The molecule has 0 aliphatic carbocycles. The van der Waals surface area contributed by atoms with Gasteiger partial charge in [0.1, 0.15) is 146 Å². The molecule has 0 saturated carbocycles. The van der Waals surface area contributed by atoms with Crippen LogP contribution in [0.2, 0.25) is 0 Å². The molecule has 7 heterocycles. The molecular weight excluding hydrogens is 1960 g/mol. The van der Waals surface area contributed by atoms with Crippen LogP contribution in [-0.4, -0.2) is 465 Å². The van der Waals surface area contributed by atoms with Gasteiger partial charge in [-0.05, 0) is 45.4 Å². The van der Waals surface area contributed by atoms with Gasteiger partial charge in [-0.2, -0.15) is 0 Å². The number of carbonyl (C=O) groups is 8. The first-order valence-electron chi connectivity index (χ1n) is 51.6. The fraction of sp³-hybridized carbons (Fsp3) is 0.896. The summed E-state index contributed by atoms with van der Waals surface area (Å²) in [6.07, 6.45) is -47.6. The third-order valence-electron chi connectivity index (χ3n) is 27.9. The van der Waals surface area contributed by atoms with Crippen LogP contribution < -0.4 is 21.3 Å². The van der Waals surface area contributed by atoms with Gasteiger partial charge in [-0.1, -0.05) is 161 Å². The van der Waals surface area contributed by atoms with Gasteiger partial charge in [-0.3, -0.25) is 19.2 Å². The summed E-state index contributed by atoms with van der Waals surface area (Å²) >= 11 is 0. The molecule has 7 saturated heterocycles. The number of aliphatic hydroxyl groups excluding tert-OH is 22. The van der Waals surface area contributed by atoms with Crippen molar-refractivity contribution < 1.29 is 232 Å². The number of amides is 4. The van der Waals surface area contributed by atoms with Crippen LogP contribution >= 0.6 is 0 Å². The number of carboxylic acids is 3. The molecule has 7 rings (SSSR count). The first-order valence-corrected chi connectivity index (χ1v) is 51.6. The van der Waals surface area contributed by atoms with Crippen LogP contribution in [0.4, 0.5) is 0 Å². The van der Waals surface area contributed by atoms with E-state index in [2.05, 4.69) is 47.3 Å². The Morgan fingerprint density at radius 2 is 0.755 bits per heavy atom. The number of nitrogens with one attached hydrogen (secondary N) is 4. The van der Waals surface area contributed by atoms with Gasteiger partial charge >= 0.3 is 17.9 Å². The van der Waals surface area contributed by atoms with Crippen molar-refractivity contribution in [3.8, 4) is 0 Å². The number of rotatable bonds is 67. The van der Waals surface area contributed by atoms with Gasteiger partial charge in [-0.15, -0.1) is 0 Å². The molecule has 0 aromatic rings. The number of aliphatic carboxylic acids is 3. The highest BCUT2D eigenvalue weighted by Crippen LogP contribution is 2.46. The van der Waals surface area contributed by atoms with Crippen molar-refractivity contribution in [1.82, 2.24) is 21.3 Å². The minimum absolute atomic E-state index is 0.0709. The summed E-state index contributed by atoms with van der Waals surface area (Å²) in [6, 6.07) is -7.37. The van der Waals surface area contributed by atoms with E-state index in [0.717, 1.165) is 118 Å². The average Bonchev–Trinajstić information content (AvgIpc) is 0.739. The first-order chi connectivity index (χ1) is 69.9. The van der Waals surface area contributed by atoms with Crippen molar-refractivity contribution in [3.63, 3.8) is 0 Å². The highest BCUT2D eigenvalue weighted by molar-refractivity contribution is 5.79. The summed E-state index contributed by atoms with van der Waals surface area (Å²) in [7, 11) is 0. The third-order valence-corrected chi connectivity index (χ3v) is 27.9. The molecule has 3 unspecified atom stereocenters. The quantitative estimate of drug-likeness (QED) is 0.0199. The number of carboxylic acid groups (broad SMARTS) is 3. The second-order valence-corrected chi connectivity index (χ2v) is 39.5. The minimum Gasteiger partial charge on any atom is -0.477 e. The lowest BCUT2D eigenvalue weighted by molar-refractivity contribution is -0.407. The molecule has 29 N–H and O–H groups in total. The number of hydrogen-bond donors (Lipinski definition) is 29. The van der Waals surface area contributed by atoms with Gasteiger partial charge in [0, 0.05) is 58.8 Å². The third kappa shape index (κ3) is 36.2. The molecule has 40 atom stereocenters. The van der Waals surface area contributed by atoms with E-state index in [1.807, 2.05) is 0 Å². The van der Waals surface area contributed by atoms with Crippen LogP contribution in [0.1, 0.15) is 247 Å². The summed E-state index contributed by atoms with van der Waals surface area (Å²) in [5.41, 5.74) is 0. The van der Waals surface area contributed by atoms with Crippen LogP contribution in [-0.2, 0) is 105 Å².